The van der Waals surface area contributed by atoms with Crippen molar-refractivity contribution in [2.24, 2.45) is 0 Å². The van der Waals surface area contributed by atoms with Gasteiger partial charge in [-0.05, 0) is 36.7 Å². The van der Waals surface area contributed by atoms with Crippen LogP contribution in [-0.4, -0.2) is 44.0 Å². The Hall–Kier alpha value is -1.26. The summed E-state index contributed by atoms with van der Waals surface area (Å²) in [5.41, 5.74) is 2.26. The maximum atomic E-state index is 12.0. The fraction of sp³-hybridized carbons (Fsp3) is 0.533. The number of rotatable bonds is 4. The summed E-state index contributed by atoms with van der Waals surface area (Å²) in [6, 6.07) is 5.90. The molecule has 1 N–H and O–H groups in total. The smallest absolute Gasteiger partial charge is 0.241 e. The average Bonchev–Trinajstić information content (AvgIpc) is 2.59. The minimum Gasteiger partial charge on any atom is -0.362 e. The number of carbonyl (C=O) groups excluding carboxylic acids is 1. The Balaban J connectivity index is 2.23. The Labute approximate surface area is 125 Å². The Morgan fingerprint density at radius 3 is 2.90 bits per heavy atom. The molecule has 5 heteroatoms. The molecule has 0 bridgehead atoms. The third-order valence-corrected chi connectivity index (χ3v) is 3.86. The largest absolute Gasteiger partial charge is 0.362 e. The van der Waals surface area contributed by atoms with Gasteiger partial charge in [-0.15, -0.1) is 0 Å². The number of hydrogen-bond acceptors (Lipinski definition) is 3. The highest BCUT2D eigenvalue weighted by Gasteiger charge is 2.20. The maximum Gasteiger partial charge on any atom is 0.241 e. The summed E-state index contributed by atoms with van der Waals surface area (Å²) < 4.78 is 0. The van der Waals surface area contributed by atoms with Crippen molar-refractivity contribution in [2.45, 2.75) is 19.9 Å². The lowest BCUT2D eigenvalue weighted by Gasteiger charge is -2.25. The molecule has 1 saturated heterocycles. The fourth-order valence-electron chi connectivity index (χ4n) is 2.46. The minimum atomic E-state index is 0.173. The molecule has 0 unspecified atom stereocenters. The predicted octanol–water partition coefficient (Wildman–Crippen LogP) is 2.12. The highest BCUT2D eigenvalue weighted by Crippen LogP contribution is 2.25. The molecule has 2 rings (SSSR count). The van der Waals surface area contributed by atoms with Crippen LogP contribution in [0.5, 0.6) is 0 Å². The molecule has 0 aliphatic carbocycles. The van der Waals surface area contributed by atoms with Gasteiger partial charge in [-0.25, -0.2) is 0 Å². The van der Waals surface area contributed by atoms with Gasteiger partial charge in [-0.1, -0.05) is 18.5 Å². The van der Waals surface area contributed by atoms with Gasteiger partial charge in [-0.2, -0.15) is 0 Å². The number of halogens is 1. The first-order chi connectivity index (χ1) is 9.61. The lowest BCUT2D eigenvalue weighted by molar-refractivity contribution is -0.127. The molecule has 20 heavy (non-hydrogen) atoms. The topological polar surface area (TPSA) is 35.6 Å². The van der Waals surface area contributed by atoms with Crippen LogP contribution in [0.1, 0.15) is 18.9 Å². The first-order valence-electron chi connectivity index (χ1n) is 7.10. The van der Waals surface area contributed by atoms with Gasteiger partial charge in [-0.3, -0.25) is 4.79 Å². The van der Waals surface area contributed by atoms with Crippen molar-refractivity contribution in [1.82, 2.24) is 10.2 Å². The second-order valence-electron chi connectivity index (χ2n) is 5.14. The van der Waals surface area contributed by atoms with E-state index in [0.29, 0.717) is 6.54 Å². The highest BCUT2D eigenvalue weighted by molar-refractivity contribution is 6.30. The van der Waals surface area contributed by atoms with Gasteiger partial charge in [0.1, 0.15) is 0 Å². The van der Waals surface area contributed by atoms with Crippen LogP contribution in [-0.2, 0) is 11.3 Å². The quantitative estimate of drug-likeness (QED) is 0.924. The van der Waals surface area contributed by atoms with Gasteiger partial charge in [0.15, 0.2) is 0 Å². The molecular formula is C15H22ClN3O. The number of nitrogens with zero attached hydrogens (tertiary/aromatic N) is 2. The summed E-state index contributed by atoms with van der Waals surface area (Å²) in [6.07, 6.45) is 0.992. The molecule has 1 amide bonds. The highest BCUT2D eigenvalue weighted by atomic mass is 35.5. The Bertz CT molecular complexity index is 478. The molecule has 110 valence electrons. The van der Waals surface area contributed by atoms with E-state index in [4.69, 9.17) is 11.6 Å². The van der Waals surface area contributed by atoms with Gasteiger partial charge in [0.05, 0.1) is 6.54 Å². The maximum absolute atomic E-state index is 12.0. The summed E-state index contributed by atoms with van der Waals surface area (Å²) >= 11 is 6.10. The lowest BCUT2D eigenvalue weighted by Crippen LogP contribution is -2.35. The normalized spacial score (nSPS) is 16.4. The predicted molar refractivity (Wildman–Crippen MR) is 83.3 cm³/mol. The van der Waals surface area contributed by atoms with Crippen LogP contribution in [0.25, 0.3) is 0 Å². The molecule has 0 spiro atoms. The number of carbonyl (C=O) groups is 1. The molecule has 4 nitrogen and oxygen atoms in total. The van der Waals surface area contributed by atoms with E-state index >= 15 is 0 Å². The summed E-state index contributed by atoms with van der Waals surface area (Å²) in [5.74, 6) is 0.173. The van der Waals surface area contributed by atoms with E-state index < -0.39 is 0 Å². The van der Waals surface area contributed by atoms with E-state index in [-0.39, 0.29) is 5.91 Å². The van der Waals surface area contributed by atoms with Crippen LogP contribution in [0.15, 0.2) is 18.2 Å². The minimum absolute atomic E-state index is 0.173. The van der Waals surface area contributed by atoms with E-state index in [1.54, 1.807) is 4.90 Å². The number of anilines is 1. The molecule has 0 aromatic heterocycles. The van der Waals surface area contributed by atoms with E-state index in [2.05, 4.69) is 17.1 Å². The van der Waals surface area contributed by atoms with Crippen LogP contribution in [0.3, 0.4) is 0 Å². The zero-order chi connectivity index (χ0) is 14.5. The van der Waals surface area contributed by atoms with Crippen LogP contribution < -0.4 is 10.2 Å². The van der Waals surface area contributed by atoms with Gasteiger partial charge in [0.25, 0.3) is 0 Å². The van der Waals surface area contributed by atoms with Crippen molar-refractivity contribution < 1.29 is 4.79 Å². The van der Waals surface area contributed by atoms with Crippen molar-refractivity contribution in [3.05, 3.63) is 28.8 Å². The van der Waals surface area contributed by atoms with Crippen LogP contribution in [0, 0.1) is 0 Å². The average molecular weight is 296 g/mol. The van der Waals surface area contributed by atoms with Crippen LogP contribution >= 0.6 is 11.6 Å². The number of hydrogen-bond donors (Lipinski definition) is 1. The van der Waals surface area contributed by atoms with E-state index in [1.165, 1.54) is 0 Å². The SMILES string of the molecule is CCNCc1cc(Cl)ccc1N1CCCN(C)C(=O)C1. The van der Waals surface area contributed by atoms with Gasteiger partial charge >= 0.3 is 0 Å². The lowest BCUT2D eigenvalue weighted by atomic mass is 10.1. The van der Waals surface area contributed by atoms with E-state index in [0.717, 1.165) is 48.9 Å². The number of nitrogens with one attached hydrogen (secondary N) is 1. The first-order valence-corrected chi connectivity index (χ1v) is 7.47. The monoisotopic (exact) mass is 295 g/mol. The second kappa shape index (κ2) is 6.95. The molecule has 1 heterocycles. The van der Waals surface area contributed by atoms with Crippen molar-refractivity contribution in [2.75, 3.05) is 38.1 Å². The Kier molecular flexibility index (Phi) is 5.26. The molecule has 0 saturated carbocycles. The molecule has 1 aliphatic heterocycles. The molecule has 1 aromatic rings. The summed E-state index contributed by atoms with van der Waals surface area (Å²) in [4.78, 5) is 16.0. The Morgan fingerprint density at radius 1 is 1.35 bits per heavy atom. The van der Waals surface area contributed by atoms with E-state index in [9.17, 15) is 4.79 Å². The molecule has 1 fully saturated rings. The molecule has 0 radical (unpaired) electrons. The number of likely N-dealkylation sites (N-methyl/N-ethyl adjacent to an activating group) is 1. The number of amides is 1. The number of benzene rings is 1. The summed E-state index contributed by atoms with van der Waals surface area (Å²) in [6.45, 7) is 5.93. The molecule has 0 atom stereocenters. The zero-order valence-corrected chi connectivity index (χ0v) is 12.9. The van der Waals surface area contributed by atoms with Crippen molar-refractivity contribution in [3.8, 4) is 0 Å². The second-order valence-corrected chi connectivity index (χ2v) is 5.58. The van der Waals surface area contributed by atoms with Crippen molar-refractivity contribution in [3.63, 3.8) is 0 Å². The van der Waals surface area contributed by atoms with Gasteiger partial charge < -0.3 is 15.1 Å². The third-order valence-electron chi connectivity index (χ3n) is 3.62. The van der Waals surface area contributed by atoms with E-state index in [1.807, 2.05) is 25.2 Å². The Morgan fingerprint density at radius 2 is 2.15 bits per heavy atom. The summed E-state index contributed by atoms with van der Waals surface area (Å²) in [5, 5.41) is 4.06. The third kappa shape index (κ3) is 3.64. The molecular weight excluding hydrogens is 274 g/mol. The van der Waals surface area contributed by atoms with Crippen LogP contribution in [0.2, 0.25) is 5.02 Å². The standard InChI is InChI=1S/C15H22ClN3O/c1-3-17-10-12-9-13(16)5-6-14(12)19-8-4-7-18(2)15(20)11-19/h5-6,9,17H,3-4,7-8,10-11H2,1-2H3. The summed E-state index contributed by atoms with van der Waals surface area (Å²) in [7, 11) is 1.87. The molecule has 1 aromatic carbocycles. The van der Waals surface area contributed by atoms with Crippen molar-refractivity contribution in [1.29, 1.82) is 0 Å². The van der Waals surface area contributed by atoms with Gasteiger partial charge in [0.2, 0.25) is 5.91 Å². The van der Waals surface area contributed by atoms with Crippen molar-refractivity contribution >= 4 is 23.2 Å². The fourth-order valence-corrected chi connectivity index (χ4v) is 2.65. The van der Waals surface area contributed by atoms with Crippen LogP contribution in [0.4, 0.5) is 5.69 Å². The van der Waals surface area contributed by atoms with Gasteiger partial charge in [0, 0.05) is 37.4 Å². The first kappa shape index (κ1) is 15.1. The molecule has 1 aliphatic rings. The zero-order valence-electron chi connectivity index (χ0n) is 12.2.